The Labute approximate surface area is 257 Å². The van der Waals surface area contributed by atoms with Gasteiger partial charge in [0.25, 0.3) is 17.2 Å². The number of likely N-dealkylation sites (N-methyl/N-ethyl adjacent to an activating group) is 1. The van der Waals surface area contributed by atoms with Crippen molar-refractivity contribution in [2.45, 2.75) is 26.8 Å². The van der Waals surface area contributed by atoms with Crippen LogP contribution in [0.25, 0.3) is 6.08 Å². The Morgan fingerprint density at radius 2 is 1.84 bits per heavy atom. The van der Waals surface area contributed by atoms with Crippen molar-refractivity contribution in [3.63, 3.8) is 0 Å². The Morgan fingerprint density at radius 1 is 1.14 bits per heavy atom. The van der Waals surface area contributed by atoms with E-state index in [1.807, 2.05) is 13.8 Å². The number of thiazole rings is 1. The summed E-state index contributed by atoms with van der Waals surface area (Å²) in [5.41, 5.74) is 0.878. The maximum absolute atomic E-state index is 14.3. The van der Waals surface area contributed by atoms with Gasteiger partial charge in [-0.1, -0.05) is 24.0 Å². The first-order chi connectivity index (χ1) is 21.1. The lowest BCUT2D eigenvalue weighted by atomic mass is 9.93. The van der Waals surface area contributed by atoms with Gasteiger partial charge in [0.1, 0.15) is 24.1 Å². The summed E-state index contributed by atoms with van der Waals surface area (Å²) < 4.78 is 24.0. The highest BCUT2D eigenvalue weighted by molar-refractivity contribution is 7.07. The minimum Gasteiger partial charge on any atom is -0.497 e. The first kappa shape index (κ1) is 32.0. The average Bonchev–Trinajstić information content (AvgIpc) is 3.32. The van der Waals surface area contributed by atoms with Gasteiger partial charge in [0, 0.05) is 30.3 Å². The zero-order valence-corrected chi connectivity index (χ0v) is 26.2. The molecule has 0 unspecified atom stereocenters. The van der Waals surface area contributed by atoms with Crippen molar-refractivity contribution in [1.82, 2.24) is 9.47 Å². The zero-order chi connectivity index (χ0) is 32.1. The number of fused-ring (bicyclic) bond motifs is 1. The molecular formula is C31H34N4O8S. The van der Waals surface area contributed by atoms with Crippen molar-refractivity contribution < 1.29 is 28.7 Å². The lowest BCUT2D eigenvalue weighted by Gasteiger charge is -2.30. The Hall–Kier alpha value is -4.91. The van der Waals surface area contributed by atoms with Gasteiger partial charge in [0.15, 0.2) is 16.3 Å². The molecule has 1 atom stereocenters. The zero-order valence-electron chi connectivity index (χ0n) is 25.4. The van der Waals surface area contributed by atoms with Gasteiger partial charge in [-0.05, 0) is 45.0 Å². The van der Waals surface area contributed by atoms with Crippen molar-refractivity contribution in [3.8, 4) is 23.0 Å². The second kappa shape index (κ2) is 13.6. The van der Waals surface area contributed by atoms with Crippen molar-refractivity contribution in [3.05, 3.63) is 95.2 Å². The molecule has 4 rings (SSSR count). The SMILES string of the molecule is C=CCOc1c(/C=c2\sc3n(c2=O)[C@H](c2cc(OC)ccc2OC)C(C(=O)N(CC)CC)=C(C)N=3)cc([N+](=O)[O-])cc1OC. The van der Waals surface area contributed by atoms with Crippen LogP contribution in [0.15, 0.2) is 64.0 Å². The highest BCUT2D eigenvalue weighted by Crippen LogP contribution is 2.39. The third-order valence-corrected chi connectivity index (χ3v) is 8.15. The molecule has 0 aliphatic carbocycles. The van der Waals surface area contributed by atoms with E-state index in [1.165, 1.54) is 50.2 Å². The lowest BCUT2D eigenvalue weighted by molar-refractivity contribution is -0.385. The van der Waals surface area contributed by atoms with Gasteiger partial charge in [-0.15, -0.1) is 0 Å². The van der Waals surface area contributed by atoms with Crippen molar-refractivity contribution in [1.29, 1.82) is 0 Å². The molecule has 0 N–H and O–H groups in total. The summed E-state index contributed by atoms with van der Waals surface area (Å²) in [7, 11) is 4.41. The molecule has 1 amide bonds. The summed E-state index contributed by atoms with van der Waals surface area (Å²) in [5.74, 6) is 1.04. The first-order valence-electron chi connectivity index (χ1n) is 13.8. The summed E-state index contributed by atoms with van der Waals surface area (Å²) in [4.78, 5) is 46.1. The molecule has 1 aliphatic rings. The van der Waals surface area contributed by atoms with E-state index >= 15 is 0 Å². The van der Waals surface area contributed by atoms with Gasteiger partial charge in [0.2, 0.25) is 0 Å². The summed E-state index contributed by atoms with van der Waals surface area (Å²) >= 11 is 1.09. The summed E-state index contributed by atoms with van der Waals surface area (Å²) in [6.07, 6.45) is 3.03. The Morgan fingerprint density at radius 3 is 2.43 bits per heavy atom. The van der Waals surface area contributed by atoms with Crippen LogP contribution in [0.4, 0.5) is 5.69 Å². The van der Waals surface area contributed by atoms with Gasteiger partial charge in [-0.2, -0.15) is 0 Å². The van der Waals surface area contributed by atoms with E-state index in [2.05, 4.69) is 6.58 Å². The number of non-ortho nitro benzene ring substituents is 1. The number of carbonyl (C=O) groups excluding carboxylic acids is 1. The summed E-state index contributed by atoms with van der Waals surface area (Å²) in [5, 5.41) is 11.7. The standard InChI is InChI=1S/C31H34N4O8S/c1-8-13-43-28-19(14-20(35(38)39)16-24(28)42-7)15-25-29(36)34-27(22-17-21(40-5)11-12-23(22)41-6)26(18(4)32-31(34)44-25)30(37)33(9-2)10-3/h8,11-12,14-17,27H,1,9-10,13H2,2-7H3/b25-15-/t27-/m1/s1. The number of carbonyl (C=O) groups is 1. The number of allylic oxidation sites excluding steroid dienone is 1. The molecule has 0 saturated carbocycles. The number of ether oxygens (including phenoxy) is 4. The van der Waals surface area contributed by atoms with Crippen LogP contribution in [0.1, 0.15) is 37.9 Å². The number of aromatic nitrogens is 1. The van der Waals surface area contributed by atoms with Gasteiger partial charge >= 0.3 is 0 Å². The number of benzene rings is 2. The van der Waals surface area contributed by atoms with Crippen LogP contribution < -0.4 is 33.8 Å². The maximum atomic E-state index is 14.3. The monoisotopic (exact) mass is 622 g/mol. The van der Waals surface area contributed by atoms with Gasteiger partial charge < -0.3 is 23.8 Å². The summed E-state index contributed by atoms with van der Waals surface area (Å²) in [6, 6.07) is 6.85. The van der Waals surface area contributed by atoms with Gasteiger partial charge in [0.05, 0.1) is 48.1 Å². The predicted molar refractivity (Wildman–Crippen MR) is 167 cm³/mol. The third kappa shape index (κ3) is 5.95. The number of nitro groups is 1. The van der Waals surface area contributed by atoms with E-state index in [-0.39, 0.29) is 39.8 Å². The molecule has 13 heteroatoms. The van der Waals surface area contributed by atoms with Crippen molar-refractivity contribution in [2.24, 2.45) is 4.99 Å². The van der Waals surface area contributed by atoms with Crippen LogP contribution in [0.3, 0.4) is 0 Å². The molecule has 2 aromatic carbocycles. The van der Waals surface area contributed by atoms with Crippen LogP contribution in [0, 0.1) is 10.1 Å². The normalized spacial score (nSPS) is 14.4. The number of hydrogen-bond donors (Lipinski definition) is 0. The van der Waals surface area contributed by atoms with Crippen LogP contribution in [0.2, 0.25) is 0 Å². The van der Waals surface area contributed by atoms with Crippen LogP contribution in [0.5, 0.6) is 23.0 Å². The van der Waals surface area contributed by atoms with Crippen LogP contribution in [-0.2, 0) is 4.79 Å². The molecule has 232 valence electrons. The number of amides is 1. The highest BCUT2D eigenvalue weighted by Gasteiger charge is 2.36. The van der Waals surface area contributed by atoms with E-state index in [9.17, 15) is 19.7 Å². The molecule has 44 heavy (non-hydrogen) atoms. The molecule has 2 heterocycles. The second-order valence-corrected chi connectivity index (χ2v) is 10.6. The van der Waals surface area contributed by atoms with Crippen LogP contribution >= 0.6 is 11.3 Å². The smallest absolute Gasteiger partial charge is 0.274 e. The fraction of sp³-hybridized carbons (Fsp3) is 0.323. The topological polar surface area (TPSA) is 135 Å². The fourth-order valence-corrected chi connectivity index (χ4v) is 6.07. The number of methoxy groups -OCH3 is 3. The van der Waals surface area contributed by atoms with E-state index < -0.39 is 16.5 Å². The minimum absolute atomic E-state index is 0.0991. The van der Waals surface area contributed by atoms with E-state index in [4.69, 9.17) is 23.9 Å². The third-order valence-electron chi connectivity index (χ3n) is 7.17. The molecular weight excluding hydrogens is 588 g/mol. The van der Waals surface area contributed by atoms with Gasteiger partial charge in [-0.25, -0.2) is 4.99 Å². The quantitative estimate of drug-likeness (QED) is 0.170. The number of nitrogens with zero attached hydrogens (tertiary/aromatic N) is 4. The highest BCUT2D eigenvalue weighted by atomic mass is 32.1. The molecule has 1 aliphatic heterocycles. The largest absolute Gasteiger partial charge is 0.497 e. The predicted octanol–water partition coefficient (Wildman–Crippen LogP) is 3.60. The minimum atomic E-state index is -0.900. The van der Waals surface area contributed by atoms with Crippen LogP contribution in [-0.4, -0.2) is 61.3 Å². The Bertz CT molecular complexity index is 1820. The fourth-order valence-electron chi connectivity index (χ4n) is 5.03. The molecule has 0 radical (unpaired) electrons. The molecule has 3 aromatic rings. The Kier molecular flexibility index (Phi) is 9.89. The van der Waals surface area contributed by atoms with E-state index in [0.29, 0.717) is 46.2 Å². The average molecular weight is 623 g/mol. The van der Waals surface area contributed by atoms with Crippen molar-refractivity contribution >= 4 is 29.0 Å². The Balaban J connectivity index is 2.07. The summed E-state index contributed by atoms with van der Waals surface area (Å²) in [6.45, 7) is 10.2. The van der Waals surface area contributed by atoms with Crippen molar-refractivity contribution in [2.75, 3.05) is 41.0 Å². The van der Waals surface area contributed by atoms with E-state index in [1.54, 1.807) is 30.0 Å². The molecule has 0 fully saturated rings. The molecule has 12 nitrogen and oxygen atoms in total. The lowest BCUT2D eigenvalue weighted by Crippen LogP contribution is -2.43. The number of rotatable bonds is 12. The molecule has 0 spiro atoms. The molecule has 0 saturated heterocycles. The maximum Gasteiger partial charge on any atom is 0.274 e. The van der Waals surface area contributed by atoms with E-state index in [0.717, 1.165) is 11.3 Å². The molecule has 0 bridgehead atoms. The number of nitro benzene ring substituents is 1. The number of hydrogen-bond acceptors (Lipinski definition) is 10. The first-order valence-corrected chi connectivity index (χ1v) is 14.6. The van der Waals surface area contributed by atoms with Gasteiger partial charge in [-0.3, -0.25) is 24.3 Å². The second-order valence-electron chi connectivity index (χ2n) is 9.59. The molecule has 1 aromatic heterocycles.